The number of nitrogens with zero attached hydrogens (tertiary/aromatic N) is 4. The summed E-state index contributed by atoms with van der Waals surface area (Å²) >= 11 is 1.48. The lowest BCUT2D eigenvalue weighted by molar-refractivity contribution is -0.140. The van der Waals surface area contributed by atoms with Gasteiger partial charge < -0.3 is 19.9 Å². The van der Waals surface area contributed by atoms with Gasteiger partial charge in [-0.2, -0.15) is 0 Å². The summed E-state index contributed by atoms with van der Waals surface area (Å²) < 4.78 is 5.91. The van der Waals surface area contributed by atoms with Crippen molar-refractivity contribution in [2.45, 2.75) is 83.7 Å². The number of ether oxygens (including phenoxy) is 1. The van der Waals surface area contributed by atoms with E-state index < -0.39 is 6.04 Å². The Hall–Kier alpha value is -4.08. The summed E-state index contributed by atoms with van der Waals surface area (Å²) in [4.78, 5) is 42.0. The number of likely N-dealkylation sites (tertiary alicyclic amines) is 1. The van der Waals surface area contributed by atoms with Crippen LogP contribution in [-0.4, -0.2) is 77.5 Å². The van der Waals surface area contributed by atoms with E-state index in [1.165, 1.54) is 37.0 Å². The standard InChI is InChI=1S/C40H51N5O3S/c1-7-8-9-10-11-22-48-33-18-16-29(17-19-33)31-24-41-37(42-25-31)30-14-12-28(13-15-30)23-34(39(47)45-26-32(27-45)44(5)6)43-38(46)35-20-21-36(49-35)40(2,3)4/h12-21,24-25,32,34H,7-11,22-23,26-27H2,1-6H3,(H,43,46)/t34-/m0/s1. The lowest BCUT2D eigenvalue weighted by Gasteiger charge is -2.44. The molecule has 0 spiro atoms. The third-order valence-electron chi connectivity index (χ3n) is 9.08. The van der Waals surface area contributed by atoms with Crippen molar-refractivity contribution in [2.75, 3.05) is 33.8 Å². The number of rotatable bonds is 15. The average Bonchev–Trinajstić information content (AvgIpc) is 3.58. The Morgan fingerprint density at radius 2 is 1.55 bits per heavy atom. The molecule has 5 rings (SSSR count). The molecule has 0 saturated carbocycles. The van der Waals surface area contributed by atoms with Crippen LogP contribution in [-0.2, 0) is 16.6 Å². The zero-order valence-electron chi connectivity index (χ0n) is 29.9. The van der Waals surface area contributed by atoms with Gasteiger partial charge in [0.25, 0.3) is 5.91 Å². The molecule has 2 amide bonds. The van der Waals surface area contributed by atoms with Crippen molar-refractivity contribution in [3.63, 3.8) is 0 Å². The van der Waals surface area contributed by atoms with Gasteiger partial charge in [-0.25, -0.2) is 9.97 Å². The number of likely N-dealkylation sites (N-methyl/N-ethyl adjacent to an activating group) is 1. The highest BCUT2D eigenvalue weighted by Gasteiger charge is 2.36. The average molecular weight is 682 g/mol. The molecule has 8 nitrogen and oxygen atoms in total. The number of carbonyl (C=O) groups excluding carboxylic acids is 2. The molecule has 0 bridgehead atoms. The van der Waals surface area contributed by atoms with Gasteiger partial charge in [0.1, 0.15) is 11.8 Å². The molecule has 49 heavy (non-hydrogen) atoms. The fraction of sp³-hybridized carbons (Fsp3) is 0.450. The first-order valence-corrected chi connectivity index (χ1v) is 18.3. The fourth-order valence-corrected chi connectivity index (χ4v) is 6.73. The number of benzene rings is 2. The number of nitrogens with one attached hydrogen (secondary N) is 1. The summed E-state index contributed by atoms with van der Waals surface area (Å²) in [5.41, 5.74) is 3.76. The molecule has 1 atom stereocenters. The van der Waals surface area contributed by atoms with Crippen LogP contribution in [0.5, 0.6) is 5.75 Å². The molecule has 2 aromatic carbocycles. The summed E-state index contributed by atoms with van der Waals surface area (Å²) in [7, 11) is 4.05. The van der Waals surface area contributed by atoms with Crippen LogP contribution >= 0.6 is 11.3 Å². The quantitative estimate of drug-likeness (QED) is 0.130. The van der Waals surface area contributed by atoms with E-state index in [0.717, 1.165) is 45.9 Å². The second kappa shape index (κ2) is 16.5. The summed E-state index contributed by atoms with van der Waals surface area (Å²) in [5, 5.41) is 3.06. The minimum atomic E-state index is -0.667. The first kappa shape index (κ1) is 36.2. The summed E-state index contributed by atoms with van der Waals surface area (Å²) in [6.45, 7) is 10.7. The van der Waals surface area contributed by atoms with E-state index in [-0.39, 0.29) is 17.2 Å². The van der Waals surface area contributed by atoms with Gasteiger partial charge in [0.15, 0.2) is 5.82 Å². The monoisotopic (exact) mass is 681 g/mol. The van der Waals surface area contributed by atoms with E-state index in [1.807, 2.05) is 92.1 Å². The maximum Gasteiger partial charge on any atom is 0.262 e. The molecule has 3 heterocycles. The number of thiophene rings is 1. The van der Waals surface area contributed by atoms with Crippen LogP contribution in [0.15, 0.2) is 73.1 Å². The van der Waals surface area contributed by atoms with E-state index in [9.17, 15) is 9.59 Å². The van der Waals surface area contributed by atoms with Crippen LogP contribution < -0.4 is 10.1 Å². The Morgan fingerprint density at radius 1 is 0.898 bits per heavy atom. The third kappa shape index (κ3) is 9.76. The molecular weight excluding hydrogens is 631 g/mol. The van der Waals surface area contributed by atoms with Crippen molar-refractivity contribution in [3.8, 4) is 28.3 Å². The Balaban J connectivity index is 1.21. The van der Waals surface area contributed by atoms with Crippen LogP contribution in [0.3, 0.4) is 0 Å². The van der Waals surface area contributed by atoms with Gasteiger partial charge >= 0.3 is 0 Å². The minimum Gasteiger partial charge on any atom is -0.494 e. The van der Waals surface area contributed by atoms with Crippen molar-refractivity contribution in [3.05, 3.63) is 88.4 Å². The number of carbonyl (C=O) groups is 2. The van der Waals surface area contributed by atoms with Gasteiger partial charge in [-0.3, -0.25) is 9.59 Å². The number of hydrogen-bond acceptors (Lipinski definition) is 7. The molecule has 9 heteroatoms. The Bertz CT molecular complexity index is 1650. The predicted octanol–water partition coefficient (Wildman–Crippen LogP) is 7.63. The predicted molar refractivity (Wildman–Crippen MR) is 199 cm³/mol. The first-order valence-electron chi connectivity index (χ1n) is 17.5. The Labute approximate surface area is 295 Å². The first-order chi connectivity index (χ1) is 23.5. The van der Waals surface area contributed by atoms with E-state index in [2.05, 4.69) is 47.9 Å². The normalized spacial score (nSPS) is 14.1. The molecule has 1 N–H and O–H groups in total. The second-order valence-corrected chi connectivity index (χ2v) is 15.4. The number of hydrogen-bond donors (Lipinski definition) is 1. The molecule has 0 radical (unpaired) electrons. The summed E-state index contributed by atoms with van der Waals surface area (Å²) in [6, 6.07) is 19.5. The van der Waals surface area contributed by atoms with E-state index >= 15 is 0 Å². The van der Waals surface area contributed by atoms with Crippen molar-refractivity contribution in [1.29, 1.82) is 0 Å². The van der Waals surface area contributed by atoms with Crippen molar-refractivity contribution in [1.82, 2.24) is 25.1 Å². The molecule has 1 saturated heterocycles. The van der Waals surface area contributed by atoms with Gasteiger partial charge in [-0.05, 0) is 61.3 Å². The zero-order valence-corrected chi connectivity index (χ0v) is 30.7. The number of aromatic nitrogens is 2. The molecule has 1 aliphatic heterocycles. The third-order valence-corrected chi connectivity index (χ3v) is 10.6. The minimum absolute atomic E-state index is 0.0449. The highest BCUT2D eigenvalue weighted by molar-refractivity contribution is 7.14. The van der Waals surface area contributed by atoms with Crippen LogP contribution in [0, 0.1) is 0 Å². The van der Waals surface area contributed by atoms with E-state index in [4.69, 9.17) is 4.74 Å². The lowest BCUT2D eigenvalue weighted by atomic mass is 9.95. The van der Waals surface area contributed by atoms with Gasteiger partial charge in [0, 0.05) is 53.9 Å². The van der Waals surface area contributed by atoms with Crippen molar-refractivity contribution < 1.29 is 14.3 Å². The molecule has 0 aliphatic carbocycles. The maximum atomic E-state index is 13.6. The second-order valence-electron chi connectivity index (χ2n) is 14.3. The highest BCUT2D eigenvalue weighted by atomic mass is 32.1. The molecule has 1 fully saturated rings. The van der Waals surface area contributed by atoms with E-state index in [1.54, 1.807) is 0 Å². The smallest absolute Gasteiger partial charge is 0.262 e. The number of amides is 2. The molecule has 260 valence electrons. The van der Waals surface area contributed by atoms with Crippen LogP contribution in [0.25, 0.3) is 22.5 Å². The van der Waals surface area contributed by atoms with Gasteiger partial charge in [0.05, 0.1) is 11.5 Å². The molecule has 4 aromatic rings. The highest BCUT2D eigenvalue weighted by Crippen LogP contribution is 2.30. The van der Waals surface area contributed by atoms with Gasteiger partial charge in [-0.1, -0.05) is 89.8 Å². The summed E-state index contributed by atoms with van der Waals surface area (Å²) in [6.07, 6.45) is 10.2. The maximum absolute atomic E-state index is 13.6. The molecular formula is C40H51N5O3S. The SMILES string of the molecule is CCCCCCCOc1ccc(-c2cnc(-c3ccc(C[C@H](NC(=O)c4ccc(C(C)(C)C)s4)C(=O)N4CC(N(C)C)C4)cc3)nc2)cc1. The fourth-order valence-electron chi connectivity index (χ4n) is 5.77. The summed E-state index contributed by atoms with van der Waals surface area (Å²) in [5.74, 6) is 1.24. The molecule has 0 unspecified atom stereocenters. The van der Waals surface area contributed by atoms with Crippen LogP contribution in [0.1, 0.15) is 79.9 Å². The molecule has 1 aliphatic rings. The topological polar surface area (TPSA) is 87.7 Å². The molecule has 2 aromatic heterocycles. The Morgan fingerprint density at radius 3 is 2.16 bits per heavy atom. The van der Waals surface area contributed by atoms with Crippen LogP contribution in [0.2, 0.25) is 0 Å². The van der Waals surface area contributed by atoms with Crippen molar-refractivity contribution in [2.24, 2.45) is 0 Å². The van der Waals surface area contributed by atoms with E-state index in [0.29, 0.717) is 36.3 Å². The lowest BCUT2D eigenvalue weighted by Crippen LogP contribution is -2.63. The Kier molecular flexibility index (Phi) is 12.2. The van der Waals surface area contributed by atoms with Crippen molar-refractivity contribution >= 4 is 23.2 Å². The largest absolute Gasteiger partial charge is 0.494 e. The zero-order chi connectivity index (χ0) is 35.0. The van der Waals surface area contributed by atoms with Crippen LogP contribution in [0.4, 0.5) is 0 Å². The van der Waals surface area contributed by atoms with Gasteiger partial charge in [0.2, 0.25) is 5.91 Å². The number of unbranched alkanes of at least 4 members (excludes halogenated alkanes) is 4. The van der Waals surface area contributed by atoms with Gasteiger partial charge in [-0.15, -0.1) is 11.3 Å².